The molecule has 1 aliphatic carbocycles. The van der Waals surface area contributed by atoms with Crippen molar-refractivity contribution < 1.29 is 4.79 Å². The number of rotatable bonds is 4. The van der Waals surface area contributed by atoms with Crippen LogP contribution in [0.25, 0.3) is 0 Å². The number of hydrogen-bond donors (Lipinski definition) is 2. The topological polar surface area (TPSA) is 80.4 Å². The third-order valence-corrected chi connectivity index (χ3v) is 2.91. The largest absolute Gasteiger partial charge is 0.303 e. The number of fused-ring (bicyclic) bond motifs is 1. The molecule has 0 amide bonds. The molecule has 1 aromatic rings. The Hall–Kier alpha value is -2.04. The zero-order valence-corrected chi connectivity index (χ0v) is 8.68. The zero-order chi connectivity index (χ0) is 11.5. The molecule has 0 saturated carbocycles. The Morgan fingerprint density at radius 1 is 1.50 bits per heavy atom. The molecule has 0 aliphatic heterocycles. The minimum Gasteiger partial charge on any atom is -0.303 e. The van der Waals surface area contributed by atoms with Crippen molar-refractivity contribution in [1.29, 1.82) is 10.9 Å². The van der Waals surface area contributed by atoms with Gasteiger partial charge in [-0.3, -0.25) is 5.41 Å². The van der Waals surface area contributed by atoms with Crippen LogP contribution in [0.4, 0.5) is 5.69 Å². The van der Waals surface area contributed by atoms with Crippen molar-refractivity contribution in [1.82, 2.24) is 0 Å². The molecule has 0 saturated heterocycles. The first-order valence-corrected chi connectivity index (χ1v) is 5.05. The van der Waals surface area contributed by atoms with Crippen LogP contribution in [0.3, 0.4) is 0 Å². The average Bonchev–Trinajstić information content (AvgIpc) is 2.73. The molecule has 1 aromatic carbocycles. The number of carbonyl (C=O) groups is 1. The number of aryl methyl sites for hydroxylation is 1. The maximum atomic E-state index is 10.8. The first-order valence-electron chi connectivity index (χ1n) is 5.05. The monoisotopic (exact) mass is 216 g/mol. The number of aldehydes is 1. The van der Waals surface area contributed by atoms with Gasteiger partial charge in [-0.1, -0.05) is 11.3 Å². The highest BCUT2D eigenvalue weighted by Gasteiger charge is 2.22. The lowest BCUT2D eigenvalue weighted by atomic mass is 10.0. The molecule has 1 atom stereocenters. The summed E-state index contributed by atoms with van der Waals surface area (Å²) in [6.45, 7) is 0. The minimum absolute atomic E-state index is 0.00502. The van der Waals surface area contributed by atoms with E-state index in [1.54, 1.807) is 6.07 Å². The van der Waals surface area contributed by atoms with Gasteiger partial charge < -0.3 is 4.79 Å². The van der Waals surface area contributed by atoms with Gasteiger partial charge in [0.1, 0.15) is 12.6 Å². The summed E-state index contributed by atoms with van der Waals surface area (Å²) < 4.78 is 0. The van der Waals surface area contributed by atoms with Crippen LogP contribution < -0.4 is 5.01 Å². The van der Waals surface area contributed by atoms with Gasteiger partial charge in [-0.25, -0.2) is 5.01 Å². The number of anilines is 1. The Morgan fingerprint density at radius 2 is 2.31 bits per heavy atom. The molecule has 16 heavy (non-hydrogen) atoms. The van der Waals surface area contributed by atoms with Gasteiger partial charge in [0.2, 0.25) is 0 Å². The second kappa shape index (κ2) is 4.22. The highest BCUT2D eigenvalue weighted by Crippen LogP contribution is 2.33. The van der Waals surface area contributed by atoms with Crippen LogP contribution in [0, 0.1) is 10.9 Å². The van der Waals surface area contributed by atoms with Crippen LogP contribution in [0.15, 0.2) is 23.4 Å². The predicted molar refractivity (Wildman–Crippen MR) is 60.0 cm³/mol. The second-order valence-electron chi connectivity index (χ2n) is 3.74. The fraction of sp³-hybridized carbons (Fsp3) is 0.273. The molecular formula is C11H12N4O. The first kappa shape index (κ1) is 10.5. The van der Waals surface area contributed by atoms with Gasteiger partial charge in [0.15, 0.2) is 0 Å². The van der Waals surface area contributed by atoms with Gasteiger partial charge in [0, 0.05) is 5.92 Å². The van der Waals surface area contributed by atoms with Crippen LogP contribution >= 0.6 is 0 Å². The summed E-state index contributed by atoms with van der Waals surface area (Å²) in [5, 5.41) is 11.5. The molecule has 0 spiro atoms. The third-order valence-electron chi connectivity index (χ3n) is 2.91. The molecule has 2 N–H and O–H groups in total. The van der Waals surface area contributed by atoms with Crippen LogP contribution in [-0.2, 0) is 11.2 Å². The number of carbonyl (C=O) groups excluding carboxylic acids is 1. The van der Waals surface area contributed by atoms with Gasteiger partial charge in [0.05, 0.1) is 5.69 Å². The van der Waals surface area contributed by atoms with Crippen molar-refractivity contribution in [3.05, 3.63) is 29.3 Å². The number of nitrogens with zero attached hydrogens (tertiary/aromatic N) is 2. The Labute approximate surface area is 93.1 Å². The van der Waals surface area contributed by atoms with E-state index in [1.807, 2.05) is 12.1 Å². The lowest BCUT2D eigenvalue weighted by Gasteiger charge is -2.12. The summed E-state index contributed by atoms with van der Waals surface area (Å²) in [5.41, 5.74) is 9.78. The summed E-state index contributed by atoms with van der Waals surface area (Å²) in [4.78, 5) is 10.8. The number of hydrogen-bond acceptors (Lipinski definition) is 4. The van der Waals surface area contributed by atoms with E-state index < -0.39 is 0 Å². The highest BCUT2D eigenvalue weighted by molar-refractivity contribution is 5.77. The van der Waals surface area contributed by atoms with Crippen molar-refractivity contribution in [3.63, 3.8) is 0 Å². The van der Waals surface area contributed by atoms with Crippen LogP contribution in [0.1, 0.15) is 23.5 Å². The van der Waals surface area contributed by atoms with Gasteiger partial charge in [0.25, 0.3) is 0 Å². The molecule has 0 bridgehead atoms. The summed E-state index contributed by atoms with van der Waals surface area (Å²) in [7, 11) is 0. The smallest absolute Gasteiger partial charge is 0.127 e. The molecule has 0 radical (unpaired) electrons. The van der Waals surface area contributed by atoms with Crippen molar-refractivity contribution in [2.24, 2.45) is 5.22 Å². The third kappa shape index (κ3) is 1.60. The van der Waals surface area contributed by atoms with Crippen LogP contribution in [-0.4, -0.2) is 12.6 Å². The van der Waals surface area contributed by atoms with Crippen LogP contribution in [0.2, 0.25) is 0 Å². The fourth-order valence-corrected chi connectivity index (χ4v) is 2.08. The van der Waals surface area contributed by atoms with Crippen molar-refractivity contribution >= 4 is 18.3 Å². The van der Waals surface area contributed by atoms with E-state index in [-0.39, 0.29) is 5.92 Å². The molecule has 2 rings (SSSR count). The SMILES string of the molecule is N=CN(N=N)c1ccc2c(c1)CCC2C=O. The summed E-state index contributed by atoms with van der Waals surface area (Å²) in [5.74, 6) is 0.00502. The lowest BCUT2D eigenvalue weighted by molar-refractivity contribution is -0.109. The van der Waals surface area contributed by atoms with Crippen molar-refractivity contribution in [2.45, 2.75) is 18.8 Å². The standard InChI is InChI=1S/C11H12N4O/c12-7-15(14-13)10-3-4-11-8(5-10)1-2-9(11)6-16/h3-7,9,12-13H,1-2H2. The molecule has 0 heterocycles. The molecule has 0 fully saturated rings. The normalized spacial score (nSPS) is 17.6. The van der Waals surface area contributed by atoms with E-state index in [1.165, 1.54) is 5.01 Å². The molecule has 5 heteroatoms. The maximum Gasteiger partial charge on any atom is 0.127 e. The Morgan fingerprint density at radius 3 is 2.94 bits per heavy atom. The Bertz CT molecular complexity index is 436. The summed E-state index contributed by atoms with van der Waals surface area (Å²) in [6.07, 6.45) is 3.69. The fourth-order valence-electron chi connectivity index (χ4n) is 2.08. The summed E-state index contributed by atoms with van der Waals surface area (Å²) in [6, 6.07) is 5.56. The van der Waals surface area contributed by atoms with Crippen molar-refractivity contribution in [3.8, 4) is 0 Å². The van der Waals surface area contributed by atoms with E-state index in [4.69, 9.17) is 10.9 Å². The molecule has 1 unspecified atom stereocenters. The molecular weight excluding hydrogens is 204 g/mol. The maximum absolute atomic E-state index is 10.8. The minimum atomic E-state index is 0.00502. The van der Waals surface area contributed by atoms with E-state index >= 15 is 0 Å². The van der Waals surface area contributed by atoms with Crippen LogP contribution in [0.5, 0.6) is 0 Å². The zero-order valence-electron chi connectivity index (χ0n) is 8.68. The van der Waals surface area contributed by atoms with Gasteiger partial charge in [-0.05, 0) is 36.1 Å². The second-order valence-corrected chi connectivity index (χ2v) is 3.74. The molecule has 1 aliphatic rings. The van der Waals surface area contributed by atoms with Gasteiger partial charge in [-0.2, -0.15) is 5.53 Å². The van der Waals surface area contributed by atoms with Crippen molar-refractivity contribution in [2.75, 3.05) is 5.01 Å². The lowest BCUT2D eigenvalue weighted by Crippen LogP contribution is -2.11. The summed E-state index contributed by atoms with van der Waals surface area (Å²) >= 11 is 0. The molecule has 5 nitrogen and oxygen atoms in total. The average molecular weight is 216 g/mol. The van der Waals surface area contributed by atoms with E-state index in [2.05, 4.69) is 5.22 Å². The van der Waals surface area contributed by atoms with Gasteiger partial charge in [-0.15, -0.1) is 0 Å². The Kier molecular flexibility index (Phi) is 2.76. The predicted octanol–water partition coefficient (Wildman–Crippen LogP) is 2.27. The highest BCUT2D eigenvalue weighted by atomic mass is 16.1. The quantitative estimate of drug-likeness (QED) is 0.266. The first-order chi connectivity index (χ1) is 7.80. The Balaban J connectivity index is 2.37. The van der Waals surface area contributed by atoms with Gasteiger partial charge >= 0.3 is 0 Å². The van der Waals surface area contributed by atoms with E-state index in [9.17, 15) is 4.79 Å². The molecule has 82 valence electrons. The number of nitrogens with one attached hydrogen (secondary N) is 2. The molecule has 0 aromatic heterocycles. The number of benzene rings is 1. The van der Waals surface area contributed by atoms with E-state index in [0.717, 1.165) is 36.6 Å². The van der Waals surface area contributed by atoms with E-state index in [0.29, 0.717) is 5.69 Å².